The number of sulfonamides is 1. The van der Waals surface area contributed by atoms with Gasteiger partial charge in [0.2, 0.25) is 15.9 Å². The number of likely N-dealkylation sites (N-methyl/N-ethyl adjacent to an activating group) is 2. The molecule has 1 N–H and O–H groups in total. The van der Waals surface area contributed by atoms with Crippen molar-refractivity contribution >= 4 is 21.6 Å². The van der Waals surface area contributed by atoms with E-state index in [0.717, 1.165) is 11.3 Å². The van der Waals surface area contributed by atoms with Crippen LogP contribution in [0.25, 0.3) is 0 Å². The van der Waals surface area contributed by atoms with E-state index in [9.17, 15) is 13.2 Å². The van der Waals surface area contributed by atoms with Crippen molar-refractivity contribution in [3.63, 3.8) is 0 Å². The number of hydrogen-bond donors (Lipinski definition) is 1. The summed E-state index contributed by atoms with van der Waals surface area (Å²) >= 11 is 0. The molecule has 8 heteroatoms. The molecule has 25 heavy (non-hydrogen) atoms. The van der Waals surface area contributed by atoms with Crippen LogP contribution < -0.4 is 9.62 Å². The molecule has 2 aromatic rings. The number of furan rings is 1. The largest absolute Gasteiger partial charge is 0.468 e. The summed E-state index contributed by atoms with van der Waals surface area (Å²) < 4.78 is 33.3. The molecule has 0 saturated carbocycles. The number of amides is 1. The lowest BCUT2D eigenvalue weighted by Gasteiger charge is -2.22. The molecule has 1 aliphatic heterocycles. The number of nitrogens with one attached hydrogen (secondary N) is 1. The lowest BCUT2D eigenvalue weighted by atomic mass is 10.2. The van der Waals surface area contributed by atoms with E-state index in [1.54, 1.807) is 31.5 Å². The van der Waals surface area contributed by atoms with E-state index in [1.807, 2.05) is 25.1 Å². The van der Waals surface area contributed by atoms with Gasteiger partial charge in [0.25, 0.3) is 0 Å². The van der Waals surface area contributed by atoms with Crippen LogP contribution in [0.4, 0.5) is 5.69 Å². The Hall–Kier alpha value is -2.16. The van der Waals surface area contributed by atoms with E-state index >= 15 is 0 Å². The molecule has 1 amide bonds. The number of nitrogens with zero attached hydrogens (tertiary/aromatic N) is 2. The third-order valence-electron chi connectivity index (χ3n) is 4.40. The summed E-state index contributed by atoms with van der Waals surface area (Å²) in [5.74, 6) is 0.650. The van der Waals surface area contributed by atoms with Crippen molar-refractivity contribution in [2.24, 2.45) is 0 Å². The molecule has 0 saturated heterocycles. The Bertz CT molecular complexity index is 875. The number of carbonyl (C=O) groups excluding carboxylic acids is 1. The highest BCUT2D eigenvalue weighted by molar-refractivity contribution is 7.89. The van der Waals surface area contributed by atoms with Crippen molar-refractivity contribution in [3.8, 4) is 0 Å². The fraction of sp³-hybridized carbons (Fsp3) is 0.353. The molecule has 0 aliphatic carbocycles. The summed E-state index contributed by atoms with van der Waals surface area (Å²) in [4.78, 5) is 15.3. The first-order chi connectivity index (χ1) is 11.8. The molecule has 3 rings (SSSR count). The van der Waals surface area contributed by atoms with Crippen LogP contribution in [-0.2, 0) is 21.2 Å². The van der Waals surface area contributed by atoms with E-state index in [2.05, 4.69) is 4.72 Å². The number of rotatable bonds is 6. The lowest BCUT2D eigenvalue weighted by Crippen LogP contribution is -2.34. The Kier molecular flexibility index (Phi) is 4.68. The van der Waals surface area contributed by atoms with Crippen LogP contribution in [0.2, 0.25) is 0 Å². The minimum absolute atomic E-state index is 0.0389. The molecular weight excluding hydrogens is 342 g/mol. The van der Waals surface area contributed by atoms with Crippen LogP contribution >= 0.6 is 0 Å². The third-order valence-corrected chi connectivity index (χ3v) is 5.82. The zero-order valence-electron chi connectivity index (χ0n) is 14.4. The van der Waals surface area contributed by atoms with E-state index in [0.29, 0.717) is 5.76 Å². The number of benzene rings is 1. The molecule has 1 aliphatic rings. The van der Waals surface area contributed by atoms with E-state index < -0.39 is 10.0 Å². The van der Waals surface area contributed by atoms with Gasteiger partial charge in [0.15, 0.2) is 0 Å². The smallest absolute Gasteiger partial charge is 0.240 e. The van der Waals surface area contributed by atoms with Gasteiger partial charge in [-0.2, -0.15) is 0 Å². The third kappa shape index (κ3) is 3.46. The quantitative estimate of drug-likeness (QED) is 0.838. The highest BCUT2D eigenvalue weighted by Gasteiger charge is 2.27. The Balaban J connectivity index is 1.79. The van der Waals surface area contributed by atoms with Gasteiger partial charge in [-0.1, -0.05) is 0 Å². The molecule has 1 aromatic carbocycles. The minimum Gasteiger partial charge on any atom is -0.468 e. The van der Waals surface area contributed by atoms with Crippen molar-refractivity contribution in [1.82, 2.24) is 9.62 Å². The maximum absolute atomic E-state index is 12.6. The second kappa shape index (κ2) is 6.62. The molecule has 2 heterocycles. The molecule has 1 atom stereocenters. The maximum atomic E-state index is 12.6. The van der Waals surface area contributed by atoms with Crippen molar-refractivity contribution in [3.05, 3.63) is 47.9 Å². The summed E-state index contributed by atoms with van der Waals surface area (Å²) in [5.41, 5.74) is 1.48. The van der Waals surface area contributed by atoms with Gasteiger partial charge in [0, 0.05) is 19.3 Å². The standard InChI is InChI=1S/C17H21N3O4S/c1-19(2)15(16-5-4-8-24-16)11-18-25(22,23)13-6-7-14-12(9-13)10-17(21)20(14)3/h4-9,15,18H,10-11H2,1-3H3. The first-order valence-electron chi connectivity index (χ1n) is 7.88. The van der Waals surface area contributed by atoms with E-state index in [-0.39, 0.29) is 29.8 Å². The molecule has 1 unspecified atom stereocenters. The maximum Gasteiger partial charge on any atom is 0.240 e. The van der Waals surface area contributed by atoms with Crippen LogP contribution in [0.5, 0.6) is 0 Å². The van der Waals surface area contributed by atoms with Gasteiger partial charge in [-0.3, -0.25) is 9.69 Å². The van der Waals surface area contributed by atoms with Gasteiger partial charge in [0.1, 0.15) is 5.76 Å². The molecule has 1 aromatic heterocycles. The Labute approximate surface area is 147 Å². The molecule has 0 fully saturated rings. The Morgan fingerprint density at radius 3 is 2.72 bits per heavy atom. The average Bonchev–Trinajstić information content (AvgIpc) is 3.16. The van der Waals surface area contributed by atoms with Crippen molar-refractivity contribution in [2.75, 3.05) is 32.6 Å². The summed E-state index contributed by atoms with van der Waals surface area (Å²) in [6.07, 6.45) is 1.79. The van der Waals surface area contributed by atoms with Crippen molar-refractivity contribution in [2.45, 2.75) is 17.4 Å². The van der Waals surface area contributed by atoms with Crippen LogP contribution in [0.1, 0.15) is 17.4 Å². The van der Waals surface area contributed by atoms with Crippen molar-refractivity contribution < 1.29 is 17.6 Å². The van der Waals surface area contributed by atoms with Gasteiger partial charge in [0.05, 0.1) is 23.6 Å². The summed E-state index contributed by atoms with van der Waals surface area (Å²) in [7, 11) is 1.72. The predicted octanol–water partition coefficient (Wildman–Crippen LogP) is 1.38. The molecule has 0 spiro atoms. The number of fused-ring (bicyclic) bond motifs is 1. The van der Waals surface area contributed by atoms with E-state index in [4.69, 9.17) is 4.42 Å². The second-order valence-electron chi connectivity index (χ2n) is 6.27. The van der Waals surface area contributed by atoms with Crippen LogP contribution in [0.3, 0.4) is 0 Å². The first kappa shape index (κ1) is 17.7. The summed E-state index contributed by atoms with van der Waals surface area (Å²) in [6.45, 7) is 0.179. The molecule has 134 valence electrons. The normalized spacial score (nSPS) is 15.7. The Morgan fingerprint density at radius 2 is 2.08 bits per heavy atom. The van der Waals surface area contributed by atoms with Crippen molar-refractivity contribution in [1.29, 1.82) is 0 Å². The van der Waals surface area contributed by atoms with Crippen LogP contribution in [-0.4, -0.2) is 46.9 Å². The number of hydrogen-bond acceptors (Lipinski definition) is 5. The van der Waals surface area contributed by atoms with Crippen LogP contribution in [0.15, 0.2) is 45.9 Å². The Morgan fingerprint density at radius 1 is 1.32 bits per heavy atom. The monoisotopic (exact) mass is 363 g/mol. The van der Waals surface area contributed by atoms with E-state index in [1.165, 1.54) is 11.0 Å². The number of carbonyl (C=O) groups is 1. The average molecular weight is 363 g/mol. The zero-order chi connectivity index (χ0) is 18.2. The lowest BCUT2D eigenvalue weighted by molar-refractivity contribution is -0.117. The first-order valence-corrected chi connectivity index (χ1v) is 9.37. The SMILES string of the molecule is CN1C(=O)Cc2cc(S(=O)(=O)NCC(c3ccco3)N(C)C)ccc21. The second-order valence-corrected chi connectivity index (χ2v) is 8.03. The molecule has 0 bridgehead atoms. The summed E-state index contributed by atoms with van der Waals surface area (Å²) in [5, 5.41) is 0. The highest BCUT2D eigenvalue weighted by Crippen LogP contribution is 2.29. The van der Waals surface area contributed by atoms with Gasteiger partial charge in [-0.15, -0.1) is 0 Å². The number of anilines is 1. The highest BCUT2D eigenvalue weighted by atomic mass is 32.2. The van der Waals surface area contributed by atoms with Gasteiger partial charge in [-0.25, -0.2) is 13.1 Å². The molecule has 0 radical (unpaired) electrons. The van der Waals surface area contributed by atoms with Crippen LogP contribution in [0, 0.1) is 0 Å². The molecular formula is C17H21N3O4S. The fourth-order valence-corrected chi connectivity index (χ4v) is 3.99. The minimum atomic E-state index is -3.68. The zero-order valence-corrected chi connectivity index (χ0v) is 15.2. The van der Waals surface area contributed by atoms with Gasteiger partial charge < -0.3 is 9.32 Å². The van der Waals surface area contributed by atoms with Gasteiger partial charge >= 0.3 is 0 Å². The van der Waals surface area contributed by atoms with Gasteiger partial charge in [-0.05, 0) is 50.0 Å². The predicted molar refractivity (Wildman–Crippen MR) is 93.9 cm³/mol. The fourth-order valence-electron chi connectivity index (χ4n) is 2.90. The summed E-state index contributed by atoms with van der Waals surface area (Å²) in [6, 6.07) is 8.13. The topological polar surface area (TPSA) is 82.9 Å². The molecule has 7 nitrogen and oxygen atoms in total.